The summed E-state index contributed by atoms with van der Waals surface area (Å²) in [5.41, 5.74) is 2.34. The van der Waals surface area contributed by atoms with Crippen LogP contribution in [0, 0.1) is 12.8 Å². The highest BCUT2D eigenvalue weighted by atomic mass is 16.3. The average molecular weight is 301 g/mol. The molecule has 2 aromatic rings. The van der Waals surface area contributed by atoms with Crippen LogP contribution < -0.4 is 5.32 Å². The lowest BCUT2D eigenvalue weighted by Crippen LogP contribution is -2.33. The molecule has 1 fully saturated rings. The second-order valence-corrected chi connectivity index (χ2v) is 5.59. The number of anilines is 1. The molecule has 0 saturated carbocycles. The van der Waals surface area contributed by atoms with Crippen LogP contribution in [0.5, 0.6) is 0 Å². The standard InChI is InChI=1S/C16H19N3O3/c1-11-10-22-15(17-11)13-3-2-4-14(7-13)18-16(21)19-6-5-12(8-19)9-20/h2-4,7,10,12,20H,5-6,8-9H2,1H3,(H,18,21). The van der Waals surface area contributed by atoms with Gasteiger partial charge in [-0.1, -0.05) is 6.07 Å². The van der Waals surface area contributed by atoms with E-state index in [2.05, 4.69) is 10.3 Å². The predicted molar refractivity (Wildman–Crippen MR) is 82.5 cm³/mol. The number of hydrogen-bond acceptors (Lipinski definition) is 4. The summed E-state index contributed by atoms with van der Waals surface area (Å²) in [6, 6.07) is 7.26. The van der Waals surface area contributed by atoms with Crippen molar-refractivity contribution in [1.82, 2.24) is 9.88 Å². The molecule has 1 aromatic carbocycles. The summed E-state index contributed by atoms with van der Waals surface area (Å²) in [5, 5.41) is 12.0. The van der Waals surface area contributed by atoms with E-state index in [1.54, 1.807) is 11.2 Å². The molecule has 0 bridgehead atoms. The van der Waals surface area contributed by atoms with Crippen molar-refractivity contribution >= 4 is 11.7 Å². The fourth-order valence-electron chi connectivity index (χ4n) is 2.59. The molecule has 116 valence electrons. The van der Waals surface area contributed by atoms with Gasteiger partial charge in [0.15, 0.2) is 0 Å². The lowest BCUT2D eigenvalue weighted by molar-refractivity contribution is 0.209. The van der Waals surface area contributed by atoms with E-state index in [1.807, 2.05) is 31.2 Å². The number of benzene rings is 1. The maximum atomic E-state index is 12.2. The van der Waals surface area contributed by atoms with Crippen LogP contribution in [0.1, 0.15) is 12.1 Å². The summed E-state index contributed by atoms with van der Waals surface area (Å²) in [6.07, 6.45) is 2.44. The van der Waals surface area contributed by atoms with Gasteiger partial charge in [-0.25, -0.2) is 9.78 Å². The van der Waals surface area contributed by atoms with E-state index in [0.29, 0.717) is 24.7 Å². The molecule has 1 aliphatic rings. The number of rotatable bonds is 3. The third-order valence-corrected chi connectivity index (χ3v) is 3.81. The van der Waals surface area contributed by atoms with Gasteiger partial charge in [0.05, 0.1) is 5.69 Å². The summed E-state index contributed by atoms with van der Waals surface area (Å²) in [6.45, 7) is 3.27. The van der Waals surface area contributed by atoms with Crippen molar-refractivity contribution in [1.29, 1.82) is 0 Å². The number of likely N-dealkylation sites (tertiary alicyclic amines) is 1. The van der Waals surface area contributed by atoms with E-state index >= 15 is 0 Å². The smallest absolute Gasteiger partial charge is 0.321 e. The Bertz CT molecular complexity index is 668. The van der Waals surface area contributed by atoms with Crippen LogP contribution in [-0.2, 0) is 0 Å². The zero-order valence-electron chi connectivity index (χ0n) is 12.5. The van der Waals surface area contributed by atoms with Crippen molar-refractivity contribution in [2.45, 2.75) is 13.3 Å². The van der Waals surface area contributed by atoms with E-state index in [4.69, 9.17) is 9.52 Å². The maximum absolute atomic E-state index is 12.2. The lowest BCUT2D eigenvalue weighted by Gasteiger charge is -2.17. The molecule has 0 radical (unpaired) electrons. The maximum Gasteiger partial charge on any atom is 0.321 e. The van der Waals surface area contributed by atoms with E-state index in [0.717, 1.165) is 17.7 Å². The number of carbonyl (C=O) groups is 1. The minimum atomic E-state index is -0.142. The summed E-state index contributed by atoms with van der Waals surface area (Å²) >= 11 is 0. The molecule has 0 spiro atoms. The Morgan fingerprint density at radius 2 is 2.41 bits per heavy atom. The van der Waals surface area contributed by atoms with Crippen molar-refractivity contribution in [2.24, 2.45) is 5.92 Å². The number of aryl methyl sites for hydroxylation is 1. The van der Waals surface area contributed by atoms with Gasteiger partial charge in [-0.15, -0.1) is 0 Å². The van der Waals surface area contributed by atoms with Gasteiger partial charge >= 0.3 is 6.03 Å². The van der Waals surface area contributed by atoms with E-state index in [-0.39, 0.29) is 18.6 Å². The van der Waals surface area contributed by atoms with Crippen LogP contribution in [0.25, 0.3) is 11.5 Å². The van der Waals surface area contributed by atoms with Crippen molar-refractivity contribution in [3.05, 3.63) is 36.2 Å². The van der Waals surface area contributed by atoms with Gasteiger partial charge < -0.3 is 19.7 Å². The third-order valence-electron chi connectivity index (χ3n) is 3.81. The van der Waals surface area contributed by atoms with Crippen molar-refractivity contribution < 1.29 is 14.3 Å². The second-order valence-electron chi connectivity index (χ2n) is 5.59. The second kappa shape index (κ2) is 6.19. The van der Waals surface area contributed by atoms with Crippen LogP contribution in [0.15, 0.2) is 34.9 Å². The Morgan fingerprint density at radius 3 is 3.09 bits per heavy atom. The monoisotopic (exact) mass is 301 g/mol. The first-order valence-electron chi connectivity index (χ1n) is 7.35. The van der Waals surface area contributed by atoms with Crippen LogP contribution in [0.2, 0.25) is 0 Å². The quantitative estimate of drug-likeness (QED) is 0.913. The Labute approximate surface area is 128 Å². The SMILES string of the molecule is Cc1coc(-c2cccc(NC(=O)N3CCC(CO)C3)c2)n1. The Kier molecular flexibility index (Phi) is 4.11. The highest BCUT2D eigenvalue weighted by molar-refractivity contribution is 5.90. The van der Waals surface area contributed by atoms with E-state index in [1.165, 1.54) is 0 Å². The molecule has 1 aromatic heterocycles. The van der Waals surface area contributed by atoms with Crippen molar-refractivity contribution in [2.75, 3.05) is 25.0 Å². The zero-order valence-corrected chi connectivity index (χ0v) is 12.5. The first-order chi connectivity index (χ1) is 10.7. The molecule has 1 unspecified atom stereocenters. The van der Waals surface area contributed by atoms with Gasteiger partial charge in [-0.3, -0.25) is 0 Å². The summed E-state index contributed by atoms with van der Waals surface area (Å²) in [4.78, 5) is 18.2. The van der Waals surface area contributed by atoms with Crippen LogP contribution in [0.4, 0.5) is 10.5 Å². The Balaban J connectivity index is 1.69. The zero-order chi connectivity index (χ0) is 15.5. The summed E-state index contributed by atoms with van der Waals surface area (Å²) in [7, 11) is 0. The fourth-order valence-corrected chi connectivity index (χ4v) is 2.59. The molecular weight excluding hydrogens is 282 g/mol. The Hall–Kier alpha value is -2.34. The summed E-state index contributed by atoms with van der Waals surface area (Å²) in [5.74, 6) is 0.725. The number of nitrogens with one attached hydrogen (secondary N) is 1. The predicted octanol–water partition coefficient (Wildman–Crippen LogP) is 2.50. The van der Waals surface area contributed by atoms with Gasteiger partial charge in [0.25, 0.3) is 0 Å². The molecule has 2 amide bonds. The van der Waals surface area contributed by atoms with E-state index in [9.17, 15) is 4.79 Å². The summed E-state index contributed by atoms with van der Waals surface area (Å²) < 4.78 is 5.38. The molecule has 2 heterocycles. The molecule has 6 heteroatoms. The first-order valence-corrected chi connectivity index (χ1v) is 7.35. The molecule has 1 saturated heterocycles. The number of aliphatic hydroxyl groups is 1. The minimum absolute atomic E-state index is 0.128. The Morgan fingerprint density at radius 1 is 1.55 bits per heavy atom. The number of hydrogen-bond donors (Lipinski definition) is 2. The van der Waals surface area contributed by atoms with Crippen molar-refractivity contribution in [3.8, 4) is 11.5 Å². The highest BCUT2D eigenvalue weighted by Gasteiger charge is 2.25. The van der Waals surface area contributed by atoms with Gasteiger partial charge in [-0.05, 0) is 31.5 Å². The largest absolute Gasteiger partial charge is 0.444 e. The molecular formula is C16H19N3O3. The van der Waals surface area contributed by atoms with Crippen LogP contribution in [-0.4, -0.2) is 40.7 Å². The van der Waals surface area contributed by atoms with Crippen LogP contribution in [0.3, 0.4) is 0 Å². The average Bonchev–Trinajstić information content (AvgIpc) is 3.16. The normalized spacial score (nSPS) is 17.7. The number of nitrogens with zero attached hydrogens (tertiary/aromatic N) is 2. The molecule has 1 aliphatic heterocycles. The number of carbonyl (C=O) groups excluding carboxylic acids is 1. The number of aliphatic hydroxyl groups excluding tert-OH is 1. The number of aromatic nitrogens is 1. The van der Waals surface area contributed by atoms with Gasteiger partial charge in [-0.2, -0.15) is 0 Å². The molecule has 3 rings (SSSR count). The van der Waals surface area contributed by atoms with Gasteiger partial charge in [0.1, 0.15) is 6.26 Å². The van der Waals surface area contributed by atoms with Gasteiger partial charge in [0.2, 0.25) is 5.89 Å². The third kappa shape index (κ3) is 3.12. The van der Waals surface area contributed by atoms with Crippen molar-refractivity contribution in [3.63, 3.8) is 0 Å². The number of oxazole rings is 1. The minimum Gasteiger partial charge on any atom is -0.444 e. The lowest BCUT2D eigenvalue weighted by atomic mass is 10.1. The van der Waals surface area contributed by atoms with E-state index < -0.39 is 0 Å². The molecule has 22 heavy (non-hydrogen) atoms. The van der Waals surface area contributed by atoms with Crippen LogP contribution >= 0.6 is 0 Å². The number of urea groups is 1. The first kappa shape index (κ1) is 14.6. The molecule has 2 N–H and O–H groups in total. The molecule has 1 atom stereocenters. The molecule has 6 nitrogen and oxygen atoms in total. The fraction of sp³-hybridized carbons (Fsp3) is 0.375. The van der Waals surface area contributed by atoms with Gasteiger partial charge in [0, 0.05) is 36.9 Å². The highest BCUT2D eigenvalue weighted by Crippen LogP contribution is 2.23. The number of amides is 2. The molecule has 0 aliphatic carbocycles. The topological polar surface area (TPSA) is 78.6 Å².